The van der Waals surface area contributed by atoms with Crippen LogP contribution in [0.25, 0.3) is 0 Å². The van der Waals surface area contributed by atoms with Crippen LogP contribution in [0.2, 0.25) is 0 Å². The Bertz CT molecular complexity index is 612. The number of benzene rings is 2. The van der Waals surface area contributed by atoms with Crippen molar-refractivity contribution in [2.24, 2.45) is 0 Å². The van der Waals surface area contributed by atoms with Crippen LogP contribution >= 0.6 is 0 Å². The van der Waals surface area contributed by atoms with Crippen LogP contribution in [0.3, 0.4) is 0 Å². The second-order valence-electron chi connectivity index (χ2n) is 4.69. The Kier molecular flexibility index (Phi) is 3.91. The van der Waals surface area contributed by atoms with Gasteiger partial charge in [0.2, 0.25) is 0 Å². The third-order valence-electron chi connectivity index (χ3n) is 3.25. The van der Waals surface area contributed by atoms with E-state index in [0.717, 1.165) is 11.1 Å². The molecule has 0 radical (unpaired) electrons. The second kappa shape index (κ2) is 5.61. The average Bonchev–Trinajstić information content (AvgIpc) is 2.42. The zero-order valence-electron chi connectivity index (χ0n) is 11.1. The predicted molar refractivity (Wildman–Crippen MR) is 75.6 cm³/mol. The number of ketones is 2. The van der Waals surface area contributed by atoms with Gasteiger partial charge in [0, 0.05) is 11.1 Å². The van der Waals surface area contributed by atoms with E-state index in [9.17, 15) is 9.59 Å². The van der Waals surface area contributed by atoms with Gasteiger partial charge in [-0.3, -0.25) is 9.59 Å². The molecule has 0 aliphatic rings. The molecule has 2 rings (SSSR count). The maximum atomic E-state index is 12.1. The lowest BCUT2D eigenvalue weighted by Gasteiger charge is -2.04. The minimum atomic E-state index is -0.135. The molecule has 2 nitrogen and oxygen atoms in total. The van der Waals surface area contributed by atoms with E-state index < -0.39 is 0 Å². The number of rotatable bonds is 4. The van der Waals surface area contributed by atoms with E-state index in [4.69, 9.17) is 0 Å². The van der Waals surface area contributed by atoms with Gasteiger partial charge in [-0.25, -0.2) is 0 Å². The van der Waals surface area contributed by atoms with Gasteiger partial charge in [-0.2, -0.15) is 0 Å². The van der Waals surface area contributed by atoms with Crippen molar-refractivity contribution in [3.05, 3.63) is 70.8 Å². The largest absolute Gasteiger partial charge is 0.294 e. The highest BCUT2D eigenvalue weighted by Crippen LogP contribution is 2.13. The first-order valence-corrected chi connectivity index (χ1v) is 6.26. The van der Waals surface area contributed by atoms with E-state index >= 15 is 0 Å². The van der Waals surface area contributed by atoms with Gasteiger partial charge < -0.3 is 0 Å². The Morgan fingerprint density at radius 3 is 2.05 bits per heavy atom. The van der Waals surface area contributed by atoms with E-state index in [1.165, 1.54) is 0 Å². The van der Waals surface area contributed by atoms with Crippen LogP contribution < -0.4 is 0 Å². The zero-order valence-corrected chi connectivity index (χ0v) is 11.1. The summed E-state index contributed by atoms with van der Waals surface area (Å²) in [5.41, 5.74) is 3.40. The van der Waals surface area contributed by atoms with E-state index in [-0.39, 0.29) is 18.0 Å². The van der Waals surface area contributed by atoms with E-state index in [2.05, 4.69) is 0 Å². The van der Waals surface area contributed by atoms with E-state index in [1.54, 1.807) is 30.3 Å². The highest BCUT2D eigenvalue weighted by Gasteiger charge is 2.13. The Morgan fingerprint density at radius 1 is 0.789 bits per heavy atom. The molecule has 0 fully saturated rings. The topological polar surface area (TPSA) is 34.1 Å². The van der Waals surface area contributed by atoms with Crippen LogP contribution in [0, 0.1) is 13.8 Å². The molecular weight excluding hydrogens is 236 g/mol. The molecule has 0 spiro atoms. The summed E-state index contributed by atoms with van der Waals surface area (Å²) in [7, 11) is 0. The Hall–Kier alpha value is -2.22. The second-order valence-corrected chi connectivity index (χ2v) is 4.69. The summed E-state index contributed by atoms with van der Waals surface area (Å²) >= 11 is 0. The summed E-state index contributed by atoms with van der Waals surface area (Å²) in [6.07, 6.45) is -0.0769. The molecule has 19 heavy (non-hydrogen) atoms. The standard InChI is InChI=1S/C17H16O2/c1-12-8-9-15(10-13(12)2)17(19)11-16(18)14-6-4-3-5-7-14/h3-10H,11H2,1-2H3. The summed E-state index contributed by atoms with van der Waals surface area (Å²) in [5.74, 6) is -0.263. The maximum Gasteiger partial charge on any atom is 0.170 e. The monoisotopic (exact) mass is 252 g/mol. The van der Waals surface area contributed by atoms with Crippen molar-refractivity contribution in [3.63, 3.8) is 0 Å². The first kappa shape index (κ1) is 13.2. The molecule has 0 aliphatic carbocycles. The van der Waals surface area contributed by atoms with Gasteiger partial charge >= 0.3 is 0 Å². The number of hydrogen-bond acceptors (Lipinski definition) is 2. The molecule has 0 heterocycles. The number of carbonyl (C=O) groups excluding carboxylic acids is 2. The first-order chi connectivity index (χ1) is 9.08. The number of aryl methyl sites for hydroxylation is 2. The van der Waals surface area contributed by atoms with Crippen LogP contribution in [-0.4, -0.2) is 11.6 Å². The fraction of sp³-hybridized carbons (Fsp3) is 0.176. The predicted octanol–water partition coefficient (Wildman–Crippen LogP) is 3.76. The van der Waals surface area contributed by atoms with Crippen LogP contribution in [0.15, 0.2) is 48.5 Å². The van der Waals surface area contributed by atoms with Gasteiger partial charge in [-0.15, -0.1) is 0 Å². The number of hydrogen-bond donors (Lipinski definition) is 0. The van der Waals surface area contributed by atoms with Crippen molar-refractivity contribution in [2.75, 3.05) is 0 Å². The average molecular weight is 252 g/mol. The highest BCUT2D eigenvalue weighted by molar-refractivity contribution is 6.13. The van der Waals surface area contributed by atoms with Gasteiger partial charge in [0.25, 0.3) is 0 Å². The molecule has 0 saturated heterocycles. The molecule has 0 bridgehead atoms. The molecular formula is C17H16O2. The van der Waals surface area contributed by atoms with Gasteiger partial charge in [0.1, 0.15) is 0 Å². The SMILES string of the molecule is Cc1ccc(C(=O)CC(=O)c2ccccc2)cc1C. The minimum Gasteiger partial charge on any atom is -0.294 e. The Morgan fingerprint density at radius 2 is 1.42 bits per heavy atom. The minimum absolute atomic E-state index is 0.0769. The molecule has 0 atom stereocenters. The van der Waals surface area contributed by atoms with Crippen molar-refractivity contribution in [2.45, 2.75) is 20.3 Å². The molecule has 0 unspecified atom stereocenters. The summed E-state index contributed by atoms with van der Waals surface area (Å²) in [6.45, 7) is 3.96. The third kappa shape index (κ3) is 3.16. The fourth-order valence-electron chi connectivity index (χ4n) is 1.89. The summed E-state index contributed by atoms with van der Waals surface area (Å²) in [4.78, 5) is 24.0. The van der Waals surface area contributed by atoms with Crippen molar-refractivity contribution in [3.8, 4) is 0 Å². The summed E-state index contributed by atoms with van der Waals surface area (Å²) in [5, 5.41) is 0. The number of Topliss-reactive ketones (excluding diaryl/α,β-unsaturated/α-hetero) is 2. The zero-order chi connectivity index (χ0) is 13.8. The first-order valence-electron chi connectivity index (χ1n) is 6.26. The normalized spacial score (nSPS) is 10.2. The summed E-state index contributed by atoms with van der Waals surface area (Å²) in [6, 6.07) is 14.4. The van der Waals surface area contributed by atoms with Crippen molar-refractivity contribution >= 4 is 11.6 Å². The lowest BCUT2D eigenvalue weighted by atomic mass is 9.99. The maximum absolute atomic E-state index is 12.1. The quantitative estimate of drug-likeness (QED) is 0.613. The fourth-order valence-corrected chi connectivity index (χ4v) is 1.89. The van der Waals surface area contributed by atoms with Crippen LogP contribution in [0.5, 0.6) is 0 Å². The van der Waals surface area contributed by atoms with Gasteiger partial charge in [-0.1, -0.05) is 42.5 Å². The molecule has 0 saturated carbocycles. The van der Waals surface area contributed by atoms with Crippen molar-refractivity contribution in [1.29, 1.82) is 0 Å². The van der Waals surface area contributed by atoms with Crippen LogP contribution in [0.1, 0.15) is 38.3 Å². The number of carbonyl (C=O) groups is 2. The third-order valence-corrected chi connectivity index (χ3v) is 3.25. The van der Waals surface area contributed by atoms with E-state index in [0.29, 0.717) is 11.1 Å². The lowest BCUT2D eigenvalue weighted by Crippen LogP contribution is -2.08. The molecule has 2 aromatic rings. The molecule has 0 aromatic heterocycles. The Balaban J connectivity index is 2.13. The molecule has 0 amide bonds. The Labute approximate surface area is 113 Å². The van der Waals surface area contributed by atoms with Gasteiger partial charge in [-0.05, 0) is 31.0 Å². The van der Waals surface area contributed by atoms with E-state index in [1.807, 2.05) is 32.0 Å². The molecule has 96 valence electrons. The van der Waals surface area contributed by atoms with Gasteiger partial charge in [0.15, 0.2) is 11.6 Å². The van der Waals surface area contributed by atoms with Gasteiger partial charge in [0.05, 0.1) is 6.42 Å². The molecule has 2 heteroatoms. The molecule has 0 N–H and O–H groups in total. The van der Waals surface area contributed by atoms with Crippen molar-refractivity contribution in [1.82, 2.24) is 0 Å². The van der Waals surface area contributed by atoms with Crippen LogP contribution in [-0.2, 0) is 0 Å². The van der Waals surface area contributed by atoms with Crippen molar-refractivity contribution < 1.29 is 9.59 Å². The lowest BCUT2D eigenvalue weighted by molar-refractivity contribution is 0.0894. The smallest absolute Gasteiger partial charge is 0.170 e. The summed E-state index contributed by atoms with van der Waals surface area (Å²) < 4.78 is 0. The molecule has 0 aliphatic heterocycles. The highest BCUT2D eigenvalue weighted by atomic mass is 16.1. The van der Waals surface area contributed by atoms with Crippen LogP contribution in [0.4, 0.5) is 0 Å². The molecule has 2 aromatic carbocycles.